The molecule has 0 spiro atoms. The molecule has 1 aliphatic carbocycles. The second-order valence-electron chi connectivity index (χ2n) is 6.95. The summed E-state index contributed by atoms with van der Waals surface area (Å²) >= 11 is 7.46. The first-order valence-corrected chi connectivity index (χ1v) is 10.8. The van der Waals surface area contributed by atoms with Crippen LogP contribution in [0.3, 0.4) is 0 Å². The van der Waals surface area contributed by atoms with E-state index < -0.39 is 0 Å². The van der Waals surface area contributed by atoms with Crippen LogP contribution in [-0.4, -0.2) is 18.5 Å². The Bertz CT molecular complexity index is 804. The molecule has 0 aromatic heterocycles. The van der Waals surface area contributed by atoms with E-state index >= 15 is 0 Å². The number of hydrogen-bond acceptors (Lipinski definition) is 4. The minimum Gasteiger partial charge on any atom is -0.456 e. The molecule has 1 fully saturated rings. The Kier molecular flexibility index (Phi) is 7.80. The van der Waals surface area contributed by atoms with Crippen LogP contribution in [0.1, 0.15) is 38.5 Å². The molecule has 1 amide bonds. The maximum atomic E-state index is 12.2. The standard InChI is InChI=1S/C22H24ClNO3S/c23-17-10-12-18(13-11-17)28-20-8-4-3-7-19(20)24-21(25)15-27-22(26)14-9-16-5-1-2-6-16/h3-4,7-8,10-13,16H,1-2,5-6,9,14-15H2,(H,24,25). The summed E-state index contributed by atoms with van der Waals surface area (Å²) in [4.78, 5) is 26.0. The van der Waals surface area contributed by atoms with Crippen LogP contribution in [0.15, 0.2) is 58.3 Å². The highest BCUT2D eigenvalue weighted by Gasteiger charge is 2.17. The molecule has 1 saturated carbocycles. The number of rotatable bonds is 8. The molecule has 2 aromatic carbocycles. The molecule has 0 bridgehead atoms. The van der Waals surface area contributed by atoms with Gasteiger partial charge in [0, 0.05) is 21.2 Å². The second-order valence-corrected chi connectivity index (χ2v) is 8.50. The van der Waals surface area contributed by atoms with Crippen molar-refractivity contribution in [2.24, 2.45) is 5.92 Å². The Labute approximate surface area is 175 Å². The fourth-order valence-electron chi connectivity index (χ4n) is 3.31. The third kappa shape index (κ3) is 6.57. The molecule has 0 atom stereocenters. The minimum absolute atomic E-state index is 0.260. The largest absolute Gasteiger partial charge is 0.456 e. The van der Waals surface area contributed by atoms with Gasteiger partial charge in [0.15, 0.2) is 6.61 Å². The smallest absolute Gasteiger partial charge is 0.306 e. The Morgan fingerprint density at radius 3 is 2.54 bits per heavy atom. The molecule has 4 nitrogen and oxygen atoms in total. The molecule has 0 heterocycles. The van der Waals surface area contributed by atoms with Gasteiger partial charge in [-0.15, -0.1) is 0 Å². The zero-order chi connectivity index (χ0) is 19.8. The van der Waals surface area contributed by atoms with Gasteiger partial charge in [0.25, 0.3) is 5.91 Å². The zero-order valence-corrected chi connectivity index (χ0v) is 17.2. The quantitative estimate of drug-likeness (QED) is 0.539. The number of carbonyl (C=O) groups is 2. The molecule has 0 radical (unpaired) electrons. The third-order valence-electron chi connectivity index (χ3n) is 4.80. The van der Waals surface area contributed by atoms with Crippen molar-refractivity contribution >= 4 is 40.9 Å². The van der Waals surface area contributed by atoms with Crippen LogP contribution < -0.4 is 5.32 Å². The molecule has 6 heteroatoms. The third-order valence-corrected chi connectivity index (χ3v) is 6.13. The fourth-order valence-corrected chi connectivity index (χ4v) is 4.34. The predicted molar refractivity (Wildman–Crippen MR) is 113 cm³/mol. The van der Waals surface area contributed by atoms with Crippen LogP contribution in [0.5, 0.6) is 0 Å². The summed E-state index contributed by atoms with van der Waals surface area (Å²) in [5.41, 5.74) is 0.689. The number of halogens is 1. The van der Waals surface area contributed by atoms with Crippen LogP contribution >= 0.6 is 23.4 Å². The number of amides is 1. The van der Waals surface area contributed by atoms with E-state index in [1.54, 1.807) is 0 Å². The molecule has 1 N–H and O–H groups in total. The van der Waals surface area contributed by atoms with Crippen molar-refractivity contribution in [1.29, 1.82) is 0 Å². The number of esters is 1. The highest BCUT2D eigenvalue weighted by atomic mass is 35.5. The topological polar surface area (TPSA) is 55.4 Å². The van der Waals surface area contributed by atoms with Gasteiger partial charge in [-0.25, -0.2) is 0 Å². The summed E-state index contributed by atoms with van der Waals surface area (Å²) in [7, 11) is 0. The van der Waals surface area contributed by atoms with Gasteiger partial charge in [0.1, 0.15) is 0 Å². The lowest BCUT2D eigenvalue weighted by atomic mass is 10.0. The Hall–Kier alpha value is -1.98. The SMILES string of the molecule is O=C(COC(=O)CCC1CCCC1)Nc1ccccc1Sc1ccc(Cl)cc1. The summed E-state index contributed by atoms with van der Waals surface area (Å²) in [6, 6.07) is 15.0. The molecule has 28 heavy (non-hydrogen) atoms. The summed E-state index contributed by atoms with van der Waals surface area (Å²) in [6.45, 7) is -0.260. The van der Waals surface area contributed by atoms with Crippen molar-refractivity contribution in [3.8, 4) is 0 Å². The highest BCUT2D eigenvalue weighted by molar-refractivity contribution is 7.99. The average Bonchev–Trinajstić information content (AvgIpc) is 3.22. The maximum Gasteiger partial charge on any atom is 0.306 e. The van der Waals surface area contributed by atoms with Crippen LogP contribution in [-0.2, 0) is 14.3 Å². The average molecular weight is 418 g/mol. The van der Waals surface area contributed by atoms with E-state index in [1.807, 2.05) is 48.5 Å². The van der Waals surface area contributed by atoms with Crippen LogP contribution in [0.4, 0.5) is 5.69 Å². The molecule has 3 rings (SSSR count). The molecule has 2 aromatic rings. The van der Waals surface area contributed by atoms with Gasteiger partial charge < -0.3 is 10.1 Å². The predicted octanol–water partition coefficient (Wildman–Crippen LogP) is 5.94. The van der Waals surface area contributed by atoms with E-state index in [0.29, 0.717) is 23.0 Å². The van der Waals surface area contributed by atoms with Crippen LogP contribution in [0.2, 0.25) is 5.02 Å². The Balaban J connectivity index is 1.48. The summed E-state index contributed by atoms with van der Waals surface area (Å²) in [5, 5.41) is 3.51. The lowest BCUT2D eigenvalue weighted by Crippen LogP contribution is -2.21. The van der Waals surface area contributed by atoms with Crippen LogP contribution in [0, 0.1) is 5.92 Å². The maximum absolute atomic E-state index is 12.2. The van der Waals surface area contributed by atoms with Gasteiger partial charge >= 0.3 is 5.97 Å². The number of carbonyl (C=O) groups excluding carboxylic acids is 2. The molecule has 0 unspecified atom stereocenters. The summed E-state index contributed by atoms with van der Waals surface area (Å²) < 4.78 is 5.13. The summed E-state index contributed by atoms with van der Waals surface area (Å²) in [6.07, 6.45) is 6.18. The van der Waals surface area contributed by atoms with Gasteiger partial charge in [-0.2, -0.15) is 0 Å². The lowest BCUT2D eigenvalue weighted by molar-refractivity contribution is -0.147. The van der Waals surface area contributed by atoms with E-state index in [1.165, 1.54) is 37.4 Å². The monoisotopic (exact) mass is 417 g/mol. The first-order chi connectivity index (χ1) is 13.6. The lowest BCUT2D eigenvalue weighted by Gasteiger charge is -2.12. The fraction of sp³-hybridized carbons (Fsp3) is 0.364. The van der Waals surface area contributed by atoms with Crippen molar-refractivity contribution < 1.29 is 14.3 Å². The molecular weight excluding hydrogens is 394 g/mol. The number of benzene rings is 2. The minimum atomic E-state index is -0.335. The van der Waals surface area contributed by atoms with Crippen molar-refractivity contribution in [1.82, 2.24) is 0 Å². The molecule has 148 valence electrons. The van der Waals surface area contributed by atoms with Crippen LogP contribution in [0.25, 0.3) is 0 Å². The number of hydrogen-bond donors (Lipinski definition) is 1. The van der Waals surface area contributed by atoms with Crippen molar-refractivity contribution in [2.45, 2.75) is 48.3 Å². The van der Waals surface area contributed by atoms with E-state index in [-0.39, 0.29) is 18.5 Å². The number of ether oxygens (including phenoxy) is 1. The van der Waals surface area contributed by atoms with Crippen molar-refractivity contribution in [3.63, 3.8) is 0 Å². The van der Waals surface area contributed by atoms with E-state index in [0.717, 1.165) is 16.2 Å². The second kappa shape index (κ2) is 10.5. The van der Waals surface area contributed by atoms with E-state index in [2.05, 4.69) is 5.32 Å². The number of anilines is 1. The van der Waals surface area contributed by atoms with Gasteiger partial charge in [-0.3, -0.25) is 9.59 Å². The van der Waals surface area contributed by atoms with E-state index in [9.17, 15) is 9.59 Å². The first-order valence-electron chi connectivity index (χ1n) is 9.58. The highest BCUT2D eigenvalue weighted by Crippen LogP contribution is 2.34. The Morgan fingerprint density at radius 2 is 1.79 bits per heavy atom. The molecule has 0 saturated heterocycles. The van der Waals surface area contributed by atoms with Gasteiger partial charge in [0.2, 0.25) is 0 Å². The number of nitrogens with one attached hydrogen (secondary N) is 1. The number of para-hydroxylation sites is 1. The zero-order valence-electron chi connectivity index (χ0n) is 15.7. The van der Waals surface area contributed by atoms with Gasteiger partial charge in [-0.05, 0) is 48.7 Å². The van der Waals surface area contributed by atoms with Gasteiger partial charge in [0.05, 0.1) is 5.69 Å². The molecule has 1 aliphatic rings. The summed E-state index contributed by atoms with van der Waals surface area (Å²) in [5.74, 6) is 0.00222. The Morgan fingerprint density at radius 1 is 1.07 bits per heavy atom. The first kappa shape index (κ1) is 20.7. The van der Waals surface area contributed by atoms with E-state index in [4.69, 9.17) is 16.3 Å². The van der Waals surface area contributed by atoms with Gasteiger partial charge in [-0.1, -0.05) is 61.2 Å². The normalized spacial score (nSPS) is 14.0. The van der Waals surface area contributed by atoms with Crippen molar-refractivity contribution in [2.75, 3.05) is 11.9 Å². The molecular formula is C22H24ClNO3S. The molecule has 0 aliphatic heterocycles. The van der Waals surface area contributed by atoms with Crippen molar-refractivity contribution in [3.05, 3.63) is 53.6 Å².